The molecule has 20 heavy (non-hydrogen) atoms. The Kier molecular flexibility index (Phi) is 3.18. The van der Waals surface area contributed by atoms with Crippen molar-refractivity contribution in [3.05, 3.63) is 52.8 Å². The summed E-state index contributed by atoms with van der Waals surface area (Å²) in [5, 5.41) is 1.15. The first-order chi connectivity index (χ1) is 9.58. The molecule has 0 saturated carbocycles. The number of nitrogens with one attached hydrogen (secondary N) is 1. The van der Waals surface area contributed by atoms with Crippen molar-refractivity contribution >= 4 is 22.5 Å². The fourth-order valence-electron chi connectivity index (χ4n) is 2.26. The van der Waals surface area contributed by atoms with Crippen LogP contribution in [0.15, 0.2) is 36.5 Å². The van der Waals surface area contributed by atoms with Crippen molar-refractivity contribution in [2.24, 2.45) is 0 Å². The number of hydrogen-bond acceptors (Lipinski definition) is 1. The summed E-state index contributed by atoms with van der Waals surface area (Å²) in [7, 11) is 0. The van der Waals surface area contributed by atoms with Crippen LogP contribution in [0.3, 0.4) is 0 Å². The molecule has 0 unspecified atom stereocenters. The van der Waals surface area contributed by atoms with Gasteiger partial charge in [-0.1, -0.05) is 35.9 Å². The maximum absolute atomic E-state index is 13.1. The molecule has 0 radical (unpaired) electrons. The molecule has 1 aromatic carbocycles. The molecule has 2 nitrogen and oxygen atoms in total. The monoisotopic (exact) mass is 292 g/mol. The van der Waals surface area contributed by atoms with Gasteiger partial charge >= 0.3 is 0 Å². The smallest absolute Gasteiger partial charge is 0.264 e. The number of aromatic amines is 1. The van der Waals surface area contributed by atoms with Gasteiger partial charge in [-0.2, -0.15) is 0 Å². The first-order valence-electron chi connectivity index (χ1n) is 6.09. The Hall–Kier alpha value is -1.94. The molecular weight excluding hydrogens is 282 g/mol. The lowest BCUT2D eigenvalue weighted by Crippen LogP contribution is -1.90. The van der Waals surface area contributed by atoms with Crippen molar-refractivity contribution in [2.45, 2.75) is 13.3 Å². The fourth-order valence-corrected chi connectivity index (χ4v) is 2.56. The number of aromatic nitrogens is 2. The summed E-state index contributed by atoms with van der Waals surface area (Å²) in [6.45, 7) is 1.86. The largest absolute Gasteiger partial charge is 0.353 e. The number of nitrogens with zero attached hydrogens (tertiary/aromatic N) is 1. The third-order valence-electron chi connectivity index (χ3n) is 3.22. The highest BCUT2D eigenvalue weighted by atomic mass is 35.5. The molecule has 0 saturated heterocycles. The molecule has 102 valence electrons. The van der Waals surface area contributed by atoms with Gasteiger partial charge in [0.1, 0.15) is 0 Å². The molecule has 0 amide bonds. The van der Waals surface area contributed by atoms with Gasteiger partial charge in [-0.05, 0) is 13.0 Å². The Labute approximate surface area is 119 Å². The van der Waals surface area contributed by atoms with Crippen molar-refractivity contribution in [3.8, 4) is 11.3 Å². The van der Waals surface area contributed by atoms with E-state index in [0.717, 1.165) is 16.6 Å². The highest BCUT2D eigenvalue weighted by molar-refractivity contribution is 6.38. The minimum Gasteiger partial charge on any atom is -0.353 e. The van der Waals surface area contributed by atoms with Gasteiger partial charge < -0.3 is 4.98 Å². The number of aryl methyl sites for hydroxylation is 1. The van der Waals surface area contributed by atoms with E-state index in [4.69, 9.17) is 11.6 Å². The Bertz CT molecular complexity index is 781. The van der Waals surface area contributed by atoms with Gasteiger partial charge in [0, 0.05) is 28.4 Å². The molecule has 0 aliphatic carbocycles. The number of pyridine rings is 1. The number of rotatable bonds is 2. The van der Waals surface area contributed by atoms with E-state index < -0.39 is 6.43 Å². The van der Waals surface area contributed by atoms with E-state index in [2.05, 4.69) is 9.97 Å². The second-order valence-electron chi connectivity index (χ2n) is 4.57. The molecule has 3 rings (SSSR count). The molecule has 0 atom stereocenters. The second kappa shape index (κ2) is 4.87. The van der Waals surface area contributed by atoms with E-state index in [0.29, 0.717) is 16.3 Å². The van der Waals surface area contributed by atoms with Crippen LogP contribution in [0.2, 0.25) is 5.02 Å². The van der Waals surface area contributed by atoms with Crippen LogP contribution in [-0.2, 0) is 0 Å². The van der Waals surface area contributed by atoms with Gasteiger partial charge in [0.25, 0.3) is 6.43 Å². The summed E-state index contributed by atoms with van der Waals surface area (Å²) in [4.78, 5) is 7.29. The van der Waals surface area contributed by atoms with Crippen LogP contribution in [0.4, 0.5) is 8.78 Å². The van der Waals surface area contributed by atoms with Crippen molar-refractivity contribution in [1.82, 2.24) is 9.97 Å². The van der Waals surface area contributed by atoms with Crippen molar-refractivity contribution in [3.63, 3.8) is 0 Å². The summed E-state index contributed by atoms with van der Waals surface area (Å²) in [6.07, 6.45) is -0.897. The molecule has 0 fully saturated rings. The highest BCUT2D eigenvalue weighted by Gasteiger charge is 2.18. The second-order valence-corrected chi connectivity index (χ2v) is 4.95. The molecule has 0 aliphatic rings. The third-order valence-corrected chi connectivity index (χ3v) is 3.61. The summed E-state index contributed by atoms with van der Waals surface area (Å²) < 4.78 is 26.2. The van der Waals surface area contributed by atoms with Crippen LogP contribution in [0.1, 0.15) is 17.7 Å². The normalized spacial score (nSPS) is 11.4. The number of fused-ring (bicyclic) bond motifs is 1. The quantitative estimate of drug-likeness (QED) is 0.697. The molecule has 0 aliphatic heterocycles. The predicted molar refractivity (Wildman–Crippen MR) is 76.2 cm³/mol. The molecule has 0 spiro atoms. The van der Waals surface area contributed by atoms with Crippen LogP contribution >= 0.6 is 11.6 Å². The molecule has 2 heterocycles. The van der Waals surface area contributed by atoms with E-state index in [1.54, 1.807) is 24.4 Å². The third kappa shape index (κ3) is 2.06. The van der Waals surface area contributed by atoms with Crippen LogP contribution in [-0.4, -0.2) is 9.97 Å². The van der Waals surface area contributed by atoms with Gasteiger partial charge in [0.05, 0.1) is 16.2 Å². The average molecular weight is 293 g/mol. The lowest BCUT2D eigenvalue weighted by Gasteiger charge is -2.07. The average Bonchev–Trinajstić information content (AvgIpc) is 2.75. The van der Waals surface area contributed by atoms with Crippen molar-refractivity contribution < 1.29 is 8.78 Å². The van der Waals surface area contributed by atoms with Gasteiger partial charge in [-0.25, -0.2) is 8.78 Å². The topological polar surface area (TPSA) is 28.7 Å². The summed E-state index contributed by atoms with van der Waals surface area (Å²) in [6, 6.07) is 8.19. The number of halogens is 3. The molecule has 3 aromatic rings. The number of H-pyrrole nitrogens is 1. The SMILES string of the molecule is Cc1cc2[nH]c(-c3ccccc3C(F)F)c(Cl)c2cn1. The minimum absolute atomic E-state index is 0.0364. The Morgan fingerprint density at radius 1 is 1.25 bits per heavy atom. The first kappa shape index (κ1) is 13.1. The van der Waals surface area contributed by atoms with E-state index in [1.807, 2.05) is 13.0 Å². The molecule has 0 bridgehead atoms. The van der Waals surface area contributed by atoms with Crippen molar-refractivity contribution in [2.75, 3.05) is 0 Å². The van der Waals surface area contributed by atoms with E-state index in [9.17, 15) is 8.78 Å². The first-order valence-corrected chi connectivity index (χ1v) is 6.47. The Morgan fingerprint density at radius 3 is 2.75 bits per heavy atom. The molecule has 5 heteroatoms. The fraction of sp³-hybridized carbons (Fsp3) is 0.133. The summed E-state index contributed by atoms with van der Waals surface area (Å²) in [5.41, 5.74) is 2.52. The van der Waals surface area contributed by atoms with Crippen LogP contribution in [0.25, 0.3) is 22.2 Å². The maximum Gasteiger partial charge on any atom is 0.264 e. The Balaban J connectivity index is 2.27. The predicted octanol–water partition coefficient (Wildman–Crippen LogP) is 5.13. The maximum atomic E-state index is 13.1. The number of alkyl halides is 2. The molecule has 2 aromatic heterocycles. The number of hydrogen-bond donors (Lipinski definition) is 1. The van der Waals surface area contributed by atoms with Gasteiger partial charge in [0.15, 0.2) is 0 Å². The zero-order valence-corrected chi connectivity index (χ0v) is 11.4. The summed E-state index contributed by atoms with van der Waals surface area (Å²) >= 11 is 6.30. The van der Waals surface area contributed by atoms with Crippen LogP contribution in [0.5, 0.6) is 0 Å². The van der Waals surface area contributed by atoms with Crippen LogP contribution in [0, 0.1) is 6.92 Å². The lowest BCUT2D eigenvalue weighted by atomic mass is 10.0. The van der Waals surface area contributed by atoms with Gasteiger partial charge in [-0.3, -0.25) is 4.98 Å². The minimum atomic E-state index is -2.55. The highest BCUT2D eigenvalue weighted by Crippen LogP contribution is 2.38. The Morgan fingerprint density at radius 2 is 2.00 bits per heavy atom. The van der Waals surface area contributed by atoms with E-state index in [1.165, 1.54) is 6.07 Å². The summed E-state index contributed by atoms with van der Waals surface area (Å²) in [5.74, 6) is 0. The van der Waals surface area contributed by atoms with Crippen LogP contribution < -0.4 is 0 Å². The van der Waals surface area contributed by atoms with Gasteiger partial charge in [-0.15, -0.1) is 0 Å². The van der Waals surface area contributed by atoms with Crippen molar-refractivity contribution in [1.29, 1.82) is 0 Å². The molecule has 1 N–H and O–H groups in total. The molecular formula is C15H11ClF2N2. The zero-order valence-electron chi connectivity index (χ0n) is 10.6. The van der Waals surface area contributed by atoms with Gasteiger partial charge in [0.2, 0.25) is 0 Å². The van der Waals surface area contributed by atoms with E-state index in [-0.39, 0.29) is 5.56 Å². The zero-order chi connectivity index (χ0) is 14.3. The van der Waals surface area contributed by atoms with E-state index >= 15 is 0 Å². The number of benzene rings is 1. The lowest BCUT2D eigenvalue weighted by molar-refractivity contribution is 0.152. The standard InChI is InChI=1S/C15H11ClF2N2/c1-8-6-12-11(7-19-8)13(16)14(20-12)9-4-2-3-5-10(9)15(17)18/h2-7,15,20H,1H3.